The summed E-state index contributed by atoms with van der Waals surface area (Å²) in [5.74, 6) is -0.199. The van der Waals surface area contributed by atoms with Crippen LogP contribution in [0.1, 0.15) is 45.9 Å². The number of aromatic nitrogens is 1. The van der Waals surface area contributed by atoms with Gasteiger partial charge in [-0.1, -0.05) is 66.7 Å². The number of aliphatic hydroxyl groups is 1. The molecule has 9 heteroatoms. The quantitative estimate of drug-likeness (QED) is 0.121. The van der Waals surface area contributed by atoms with Crippen LogP contribution in [0.4, 0.5) is 0 Å². The van der Waals surface area contributed by atoms with Crippen LogP contribution >= 0.6 is 0 Å². The molecule has 0 fully saturated rings. The van der Waals surface area contributed by atoms with E-state index >= 15 is 0 Å². The maximum absolute atomic E-state index is 12.3. The summed E-state index contributed by atoms with van der Waals surface area (Å²) in [6, 6.07) is 29.5. The van der Waals surface area contributed by atoms with E-state index in [0.717, 1.165) is 34.2 Å². The number of phenolic OH excluding ortho intramolecular Hbond substituents is 1. The second-order valence-electron chi connectivity index (χ2n) is 11.4. The van der Waals surface area contributed by atoms with Gasteiger partial charge >= 0.3 is 5.97 Å². The van der Waals surface area contributed by atoms with Gasteiger partial charge in [-0.3, -0.25) is 10.1 Å². The lowest BCUT2D eigenvalue weighted by Gasteiger charge is -2.27. The zero-order chi connectivity index (χ0) is 31.4. The Morgan fingerprint density at radius 2 is 1.71 bits per heavy atom. The van der Waals surface area contributed by atoms with Gasteiger partial charge in [-0.2, -0.15) is 0 Å². The van der Waals surface area contributed by atoms with Crippen molar-refractivity contribution in [1.82, 2.24) is 15.6 Å². The summed E-state index contributed by atoms with van der Waals surface area (Å²) in [5.41, 5.74) is 4.40. The molecule has 4 aromatic carbocycles. The fourth-order valence-corrected chi connectivity index (χ4v) is 6.02. The number of ether oxygens (including phenoxy) is 1. The van der Waals surface area contributed by atoms with Gasteiger partial charge in [-0.15, -0.1) is 0 Å². The van der Waals surface area contributed by atoms with Gasteiger partial charge in [0.05, 0.1) is 11.6 Å². The number of nitrogens with one attached hydrogen (secondary N) is 3. The highest BCUT2D eigenvalue weighted by Crippen LogP contribution is 2.37. The molecule has 1 heterocycles. The number of aliphatic carboxylic acids is 1. The van der Waals surface area contributed by atoms with Gasteiger partial charge in [-0.25, -0.2) is 4.79 Å². The first-order valence-electron chi connectivity index (χ1n) is 14.9. The molecule has 1 unspecified atom stereocenters. The molecule has 0 bridgehead atoms. The highest BCUT2D eigenvalue weighted by atomic mass is 16.5. The topological polar surface area (TPSA) is 144 Å². The van der Waals surface area contributed by atoms with Crippen LogP contribution in [0.2, 0.25) is 0 Å². The Morgan fingerprint density at radius 3 is 2.53 bits per heavy atom. The average Bonchev–Trinajstić information content (AvgIpc) is 3.44. The molecule has 6 N–H and O–H groups in total. The van der Waals surface area contributed by atoms with Crippen molar-refractivity contribution in [3.63, 3.8) is 0 Å². The van der Waals surface area contributed by atoms with Crippen molar-refractivity contribution in [1.29, 1.82) is 0 Å². The van der Waals surface area contributed by atoms with Crippen molar-refractivity contribution in [3.05, 3.63) is 141 Å². The number of hydrogen-bond donors (Lipinski definition) is 6. The predicted octanol–water partition coefficient (Wildman–Crippen LogP) is 4.65. The van der Waals surface area contributed by atoms with E-state index in [9.17, 15) is 24.9 Å². The van der Waals surface area contributed by atoms with Gasteiger partial charge in [0, 0.05) is 31.1 Å². The number of aromatic amines is 1. The van der Waals surface area contributed by atoms with Crippen LogP contribution in [0.25, 0.3) is 10.9 Å². The number of H-pyrrole nitrogens is 1. The summed E-state index contributed by atoms with van der Waals surface area (Å²) in [5, 5.41) is 38.2. The van der Waals surface area contributed by atoms with E-state index in [1.165, 1.54) is 12.1 Å². The van der Waals surface area contributed by atoms with Crippen LogP contribution in [0.5, 0.6) is 11.5 Å². The second-order valence-corrected chi connectivity index (χ2v) is 11.4. The van der Waals surface area contributed by atoms with E-state index in [1.807, 2.05) is 72.8 Å². The zero-order valence-corrected chi connectivity index (χ0v) is 24.6. The smallest absolute Gasteiger partial charge is 0.328 e. The Labute approximate surface area is 260 Å². The molecular formula is C36H35N3O6. The number of aryl methyl sites for hydroxylation is 1. The molecule has 0 amide bonds. The Hall–Kier alpha value is -4.96. The SMILES string of the molecule is O=C(O)C1(NCc2cccc(OCc3ccc(CNC[C@H](O)c4ccc(O)c5[nH]c(=O)ccc45)cc3)c2)CCc2ccccc21. The van der Waals surface area contributed by atoms with Crippen LogP contribution in [-0.4, -0.2) is 32.8 Å². The van der Waals surface area contributed by atoms with Gasteiger partial charge < -0.3 is 30.4 Å². The van der Waals surface area contributed by atoms with E-state index in [0.29, 0.717) is 48.3 Å². The minimum atomic E-state index is -1.09. The third-order valence-corrected chi connectivity index (χ3v) is 8.47. The van der Waals surface area contributed by atoms with Gasteiger partial charge in [0.25, 0.3) is 0 Å². The maximum atomic E-state index is 12.3. The third kappa shape index (κ3) is 6.46. The number of benzene rings is 4. The Bertz CT molecular complexity index is 1890. The van der Waals surface area contributed by atoms with Gasteiger partial charge in [0.1, 0.15) is 23.6 Å². The number of phenols is 1. The first-order chi connectivity index (χ1) is 21.8. The summed E-state index contributed by atoms with van der Waals surface area (Å²) in [7, 11) is 0. The fraction of sp³-hybridized carbons (Fsp3) is 0.222. The molecule has 1 aliphatic rings. The van der Waals surface area contributed by atoms with Crippen molar-refractivity contribution >= 4 is 16.9 Å². The molecule has 0 saturated carbocycles. The first-order valence-corrected chi connectivity index (χ1v) is 14.9. The molecule has 0 spiro atoms. The summed E-state index contributed by atoms with van der Waals surface area (Å²) in [4.78, 5) is 26.6. The number of hydrogen-bond acceptors (Lipinski definition) is 7. The summed E-state index contributed by atoms with van der Waals surface area (Å²) in [6.45, 7) is 1.61. The van der Waals surface area contributed by atoms with Gasteiger partial charge in [-0.05, 0) is 70.5 Å². The molecule has 45 heavy (non-hydrogen) atoms. The molecule has 1 aromatic heterocycles. The van der Waals surface area contributed by atoms with Gasteiger partial charge in [0.2, 0.25) is 5.56 Å². The lowest BCUT2D eigenvalue weighted by Crippen LogP contribution is -2.47. The molecule has 0 saturated heterocycles. The number of pyridine rings is 1. The fourth-order valence-electron chi connectivity index (χ4n) is 6.02. The second kappa shape index (κ2) is 13.0. The summed E-state index contributed by atoms with van der Waals surface area (Å²) < 4.78 is 6.05. The van der Waals surface area contributed by atoms with Crippen molar-refractivity contribution in [2.75, 3.05) is 6.54 Å². The maximum Gasteiger partial charge on any atom is 0.328 e. The normalized spacial score (nSPS) is 16.4. The average molecular weight is 606 g/mol. The largest absolute Gasteiger partial charge is 0.506 e. The Morgan fingerprint density at radius 1 is 0.911 bits per heavy atom. The first kappa shape index (κ1) is 30.1. The zero-order valence-electron chi connectivity index (χ0n) is 24.6. The highest BCUT2D eigenvalue weighted by Gasteiger charge is 2.45. The third-order valence-electron chi connectivity index (χ3n) is 8.47. The van der Waals surface area contributed by atoms with Crippen LogP contribution < -0.4 is 20.9 Å². The number of aliphatic hydroxyl groups excluding tert-OH is 1. The van der Waals surface area contributed by atoms with Crippen LogP contribution in [-0.2, 0) is 36.5 Å². The number of carboxylic acid groups (broad SMARTS) is 1. The monoisotopic (exact) mass is 605 g/mol. The van der Waals surface area contributed by atoms with Crippen molar-refractivity contribution < 1.29 is 24.9 Å². The molecule has 1 aliphatic carbocycles. The number of aromatic hydroxyl groups is 1. The number of rotatable bonds is 12. The summed E-state index contributed by atoms with van der Waals surface area (Å²) >= 11 is 0. The lowest BCUT2D eigenvalue weighted by molar-refractivity contribution is -0.145. The number of carboxylic acids is 1. The van der Waals surface area contributed by atoms with E-state index in [-0.39, 0.29) is 17.9 Å². The number of fused-ring (bicyclic) bond motifs is 2. The minimum Gasteiger partial charge on any atom is -0.506 e. The Balaban J connectivity index is 1.00. The van der Waals surface area contributed by atoms with Crippen LogP contribution in [0.3, 0.4) is 0 Å². The molecule has 0 aliphatic heterocycles. The lowest BCUT2D eigenvalue weighted by atomic mass is 9.91. The molecule has 6 rings (SSSR count). The van der Waals surface area contributed by atoms with E-state index in [2.05, 4.69) is 15.6 Å². The molecule has 230 valence electrons. The van der Waals surface area contributed by atoms with Crippen molar-refractivity contribution in [2.45, 2.75) is 44.2 Å². The Kier molecular flexibility index (Phi) is 8.66. The van der Waals surface area contributed by atoms with E-state index < -0.39 is 17.6 Å². The van der Waals surface area contributed by atoms with Crippen molar-refractivity contribution in [2.24, 2.45) is 0 Å². The number of carbonyl (C=O) groups is 1. The van der Waals surface area contributed by atoms with E-state index in [1.54, 1.807) is 12.1 Å². The van der Waals surface area contributed by atoms with E-state index in [4.69, 9.17) is 4.74 Å². The van der Waals surface area contributed by atoms with Gasteiger partial charge in [0.15, 0.2) is 0 Å². The molecular weight excluding hydrogens is 570 g/mol. The molecule has 5 aromatic rings. The molecule has 2 atom stereocenters. The predicted molar refractivity (Wildman–Crippen MR) is 171 cm³/mol. The van der Waals surface area contributed by atoms with Crippen molar-refractivity contribution in [3.8, 4) is 11.5 Å². The molecule has 0 radical (unpaired) electrons. The summed E-state index contributed by atoms with van der Waals surface area (Å²) in [6.07, 6.45) is 0.417. The highest BCUT2D eigenvalue weighted by molar-refractivity contribution is 5.87. The van der Waals surface area contributed by atoms with Crippen LogP contribution in [0.15, 0.2) is 102 Å². The standard InChI is InChI=1S/C36H35N3O6/c40-31-14-12-28(29-13-15-33(42)39-34(29)31)32(41)21-37-19-23-8-10-24(11-9-23)22-45-27-6-3-4-25(18-27)20-38-36(35(43)44)17-16-26-5-1-2-7-30(26)36/h1-15,18,32,37-38,40-41H,16-17,19-22H2,(H,39,42)(H,43,44)/t32-,36?/m0/s1. The minimum absolute atomic E-state index is 0.0418. The van der Waals surface area contributed by atoms with Crippen LogP contribution in [0, 0.1) is 0 Å². The molecule has 9 nitrogen and oxygen atoms in total.